The van der Waals surface area contributed by atoms with Gasteiger partial charge in [-0.1, -0.05) is 63.2 Å². The van der Waals surface area contributed by atoms with Gasteiger partial charge in [0.25, 0.3) is 10.0 Å². The van der Waals surface area contributed by atoms with E-state index in [9.17, 15) is 22.4 Å². The Morgan fingerprint density at radius 2 is 1.53 bits per heavy atom. The molecule has 0 unspecified atom stereocenters. The molecule has 7 nitrogen and oxygen atoms in total. The van der Waals surface area contributed by atoms with Crippen LogP contribution in [0.3, 0.4) is 0 Å². The summed E-state index contributed by atoms with van der Waals surface area (Å²) in [5, 5.41) is 2.58. The summed E-state index contributed by atoms with van der Waals surface area (Å²) < 4.78 is 42.1. The lowest BCUT2D eigenvalue weighted by Gasteiger charge is -2.33. The minimum atomic E-state index is -4.12. The summed E-state index contributed by atoms with van der Waals surface area (Å²) in [6, 6.07) is 19.7. The number of carbonyl (C=O) groups excluding carboxylic acids is 2. The summed E-state index contributed by atoms with van der Waals surface area (Å²) in [6.45, 7) is 5.33. The third-order valence-corrected chi connectivity index (χ3v) is 8.14. The Balaban J connectivity index is 2.05. The quantitative estimate of drug-likeness (QED) is 0.383. The summed E-state index contributed by atoms with van der Waals surface area (Å²) in [5.74, 6) is -1.11. The molecule has 0 saturated carbocycles. The van der Waals surface area contributed by atoms with Crippen LogP contribution in [0.15, 0.2) is 83.8 Å². The van der Waals surface area contributed by atoms with Crippen molar-refractivity contribution in [3.05, 3.63) is 95.8 Å². The predicted octanol–water partition coefficient (Wildman–Crippen LogP) is 4.70. The maximum Gasteiger partial charge on any atom is 0.264 e. The van der Waals surface area contributed by atoms with E-state index >= 15 is 0 Å². The highest BCUT2D eigenvalue weighted by molar-refractivity contribution is 7.92. The van der Waals surface area contributed by atoms with Crippen molar-refractivity contribution in [2.45, 2.75) is 50.6 Å². The van der Waals surface area contributed by atoms with Crippen molar-refractivity contribution in [1.29, 1.82) is 0 Å². The minimum Gasteiger partial charge on any atom is -0.357 e. The number of halogens is 1. The van der Waals surface area contributed by atoms with Gasteiger partial charge in [-0.3, -0.25) is 13.9 Å². The van der Waals surface area contributed by atoms with Crippen LogP contribution in [-0.4, -0.2) is 44.8 Å². The number of sulfonamides is 1. The molecule has 0 aliphatic rings. The molecule has 0 saturated heterocycles. The van der Waals surface area contributed by atoms with E-state index in [-0.39, 0.29) is 23.3 Å². The molecule has 3 rings (SSSR count). The standard InChI is InChI=1S/C29H34FN3O4S/c1-5-27(29(35)31-4)32(19-22-11-15-24(30)16-12-22)28(34)20-33(25-17-13-23(14-18-25)21(2)3)38(36,37)26-9-7-6-8-10-26/h6-18,21,27H,5,19-20H2,1-4H3,(H,31,35)/t27-/m0/s1. The van der Waals surface area contributed by atoms with Crippen LogP contribution >= 0.6 is 0 Å². The normalized spacial score (nSPS) is 12.2. The smallest absolute Gasteiger partial charge is 0.264 e. The van der Waals surface area contributed by atoms with E-state index < -0.39 is 34.3 Å². The van der Waals surface area contributed by atoms with Crippen LogP contribution in [0.4, 0.5) is 10.1 Å². The number of nitrogens with one attached hydrogen (secondary N) is 1. The summed E-state index contributed by atoms with van der Waals surface area (Å²) in [6.07, 6.45) is 0.307. The summed E-state index contributed by atoms with van der Waals surface area (Å²) in [4.78, 5) is 27.9. The van der Waals surface area contributed by atoms with Crippen molar-refractivity contribution in [1.82, 2.24) is 10.2 Å². The number of rotatable bonds is 11. The molecule has 2 amide bonds. The fourth-order valence-corrected chi connectivity index (χ4v) is 5.58. The Labute approximate surface area is 224 Å². The monoisotopic (exact) mass is 539 g/mol. The molecular formula is C29H34FN3O4S. The molecule has 0 aliphatic heterocycles. The van der Waals surface area contributed by atoms with Gasteiger partial charge in [0, 0.05) is 13.6 Å². The molecule has 0 heterocycles. The second-order valence-electron chi connectivity index (χ2n) is 9.26. The van der Waals surface area contributed by atoms with E-state index in [2.05, 4.69) is 5.32 Å². The molecule has 1 atom stereocenters. The Bertz CT molecular complexity index is 1330. The number of nitrogens with zero attached hydrogens (tertiary/aromatic N) is 2. The Morgan fingerprint density at radius 1 is 0.921 bits per heavy atom. The SMILES string of the molecule is CC[C@@H](C(=O)NC)N(Cc1ccc(F)cc1)C(=O)CN(c1ccc(C(C)C)cc1)S(=O)(=O)c1ccccc1. The van der Waals surface area contributed by atoms with E-state index in [1.807, 2.05) is 26.0 Å². The number of amides is 2. The zero-order valence-electron chi connectivity index (χ0n) is 22.1. The molecule has 0 spiro atoms. The molecule has 9 heteroatoms. The lowest BCUT2D eigenvalue weighted by Crippen LogP contribution is -2.51. The van der Waals surface area contributed by atoms with Crippen LogP contribution in [0.1, 0.15) is 44.2 Å². The number of benzene rings is 3. The minimum absolute atomic E-state index is 0.0105. The van der Waals surface area contributed by atoms with Gasteiger partial charge in [0.2, 0.25) is 11.8 Å². The maximum absolute atomic E-state index is 13.8. The van der Waals surface area contributed by atoms with E-state index in [1.54, 1.807) is 37.3 Å². The highest BCUT2D eigenvalue weighted by Crippen LogP contribution is 2.26. The molecule has 1 N–H and O–H groups in total. The first-order valence-corrected chi connectivity index (χ1v) is 14.0. The van der Waals surface area contributed by atoms with Gasteiger partial charge in [-0.15, -0.1) is 0 Å². The number of hydrogen-bond donors (Lipinski definition) is 1. The van der Waals surface area contributed by atoms with E-state index in [0.717, 1.165) is 9.87 Å². The fraction of sp³-hybridized carbons (Fsp3) is 0.310. The van der Waals surface area contributed by atoms with Gasteiger partial charge >= 0.3 is 0 Å². The average Bonchev–Trinajstić information content (AvgIpc) is 2.92. The summed E-state index contributed by atoms with van der Waals surface area (Å²) in [5.41, 5.74) is 1.97. The average molecular weight is 540 g/mol. The van der Waals surface area contributed by atoms with Crippen LogP contribution in [0.2, 0.25) is 0 Å². The largest absolute Gasteiger partial charge is 0.357 e. The van der Waals surface area contributed by atoms with Crippen LogP contribution in [0, 0.1) is 5.82 Å². The van der Waals surface area contributed by atoms with Crippen LogP contribution in [0.5, 0.6) is 0 Å². The lowest BCUT2D eigenvalue weighted by molar-refractivity contribution is -0.140. The molecular weight excluding hydrogens is 505 g/mol. The maximum atomic E-state index is 13.8. The van der Waals surface area contributed by atoms with Crippen molar-refractivity contribution in [2.24, 2.45) is 0 Å². The Morgan fingerprint density at radius 3 is 2.05 bits per heavy atom. The van der Waals surface area contributed by atoms with Gasteiger partial charge in [0.15, 0.2) is 0 Å². The molecule has 3 aromatic carbocycles. The highest BCUT2D eigenvalue weighted by Gasteiger charge is 2.33. The fourth-order valence-electron chi connectivity index (χ4n) is 4.15. The summed E-state index contributed by atoms with van der Waals surface area (Å²) in [7, 11) is -2.64. The summed E-state index contributed by atoms with van der Waals surface area (Å²) >= 11 is 0. The van der Waals surface area contributed by atoms with Crippen molar-refractivity contribution in [3.8, 4) is 0 Å². The number of carbonyl (C=O) groups is 2. The lowest BCUT2D eigenvalue weighted by atomic mass is 10.0. The van der Waals surface area contributed by atoms with Crippen molar-refractivity contribution in [2.75, 3.05) is 17.9 Å². The van der Waals surface area contributed by atoms with Gasteiger partial charge in [0.1, 0.15) is 18.4 Å². The van der Waals surface area contributed by atoms with E-state index in [1.165, 1.54) is 48.3 Å². The molecule has 0 aliphatic carbocycles. The van der Waals surface area contributed by atoms with Crippen LogP contribution in [-0.2, 0) is 26.2 Å². The number of anilines is 1. The zero-order chi connectivity index (χ0) is 27.9. The van der Waals surface area contributed by atoms with Crippen molar-refractivity contribution < 1.29 is 22.4 Å². The second-order valence-corrected chi connectivity index (χ2v) is 11.1. The molecule has 0 radical (unpaired) electrons. The first-order chi connectivity index (χ1) is 18.1. The zero-order valence-corrected chi connectivity index (χ0v) is 22.9. The third-order valence-electron chi connectivity index (χ3n) is 6.36. The van der Waals surface area contributed by atoms with Crippen LogP contribution in [0.25, 0.3) is 0 Å². The van der Waals surface area contributed by atoms with E-state index in [4.69, 9.17) is 0 Å². The first kappa shape index (κ1) is 28.8. The van der Waals surface area contributed by atoms with Gasteiger partial charge in [-0.2, -0.15) is 0 Å². The van der Waals surface area contributed by atoms with Gasteiger partial charge in [0.05, 0.1) is 10.6 Å². The molecule has 202 valence electrons. The topological polar surface area (TPSA) is 86.8 Å². The molecule has 38 heavy (non-hydrogen) atoms. The number of hydrogen-bond acceptors (Lipinski definition) is 4. The van der Waals surface area contributed by atoms with Gasteiger partial charge < -0.3 is 10.2 Å². The van der Waals surface area contributed by atoms with Crippen LogP contribution < -0.4 is 9.62 Å². The van der Waals surface area contributed by atoms with Crippen molar-refractivity contribution >= 4 is 27.5 Å². The predicted molar refractivity (Wildman–Crippen MR) is 147 cm³/mol. The number of likely N-dealkylation sites (N-methyl/N-ethyl adjacent to an activating group) is 1. The van der Waals surface area contributed by atoms with E-state index in [0.29, 0.717) is 17.7 Å². The van der Waals surface area contributed by atoms with Crippen molar-refractivity contribution in [3.63, 3.8) is 0 Å². The second kappa shape index (κ2) is 12.7. The Hall–Kier alpha value is -3.72. The first-order valence-electron chi connectivity index (χ1n) is 12.5. The third kappa shape index (κ3) is 6.77. The molecule has 3 aromatic rings. The molecule has 0 bridgehead atoms. The van der Waals surface area contributed by atoms with Gasteiger partial charge in [-0.05, 0) is 59.9 Å². The van der Waals surface area contributed by atoms with Gasteiger partial charge in [-0.25, -0.2) is 12.8 Å². The highest BCUT2D eigenvalue weighted by atomic mass is 32.2. The Kier molecular flexibility index (Phi) is 9.63. The molecule has 0 aromatic heterocycles. The molecule has 0 fully saturated rings.